The molecule has 0 saturated carbocycles. The van der Waals surface area contributed by atoms with E-state index in [2.05, 4.69) is 36.8 Å². The third-order valence-electron chi connectivity index (χ3n) is 0.381. The molecule has 0 atom stereocenters. The van der Waals surface area contributed by atoms with Crippen LogP contribution in [0.15, 0.2) is 0 Å². The second kappa shape index (κ2) is 18.3. The summed E-state index contributed by atoms with van der Waals surface area (Å²) >= 11 is 1.43. The van der Waals surface area contributed by atoms with Crippen molar-refractivity contribution in [3.8, 4) is 4.20 Å². The molecule has 0 aliphatic carbocycles. The van der Waals surface area contributed by atoms with Crippen LogP contribution in [0.25, 0.3) is 0 Å². The molecule has 0 rings (SSSR count). The molecule has 0 aromatic carbocycles. The van der Waals surface area contributed by atoms with Crippen molar-refractivity contribution in [3.63, 3.8) is 0 Å². The van der Waals surface area contributed by atoms with E-state index in [4.69, 9.17) is 10.2 Å². The molecule has 3 nitrogen and oxygen atoms in total. The minimum absolute atomic E-state index is 0.167. The number of hydrogen-bond donors (Lipinski definition) is 2. The summed E-state index contributed by atoms with van der Waals surface area (Å²) in [5.74, 6) is 0. The number of aliphatic hydroxyl groups is 2. The van der Waals surface area contributed by atoms with Gasteiger partial charge in [-0.3, -0.25) is 0 Å². The predicted octanol–water partition coefficient (Wildman–Crippen LogP) is 2.69. The Kier molecular flexibility index (Phi) is 26.7. The maximum absolute atomic E-state index is 8.06. The third-order valence-corrected chi connectivity index (χ3v) is 0.845. The fraction of sp³-hybridized carbons (Fsp3) is 0.867. The summed E-state index contributed by atoms with van der Waals surface area (Å²) in [5, 5.41) is 16.1. The van der Waals surface area contributed by atoms with E-state index in [1.54, 1.807) is 27.7 Å². The second-order valence-corrected chi connectivity index (χ2v) is 7.17. The Morgan fingerprint density at radius 1 is 1.05 bits per heavy atom. The Hall–Kier alpha value is 0.348. The molecule has 0 radical (unpaired) electrons. The van der Waals surface area contributed by atoms with E-state index < -0.39 is 0 Å². The molecular weight excluding hydrogens is 410 g/mol. The molecular formula is C15H35NO2W. The van der Waals surface area contributed by atoms with Crippen LogP contribution in [0.5, 0.6) is 0 Å². The molecule has 4 heteroatoms. The fourth-order valence-electron chi connectivity index (χ4n) is 0.129. The minimum Gasteiger partial charge on any atom is -0.338 e. The first-order valence-corrected chi connectivity index (χ1v) is 7.91. The molecule has 118 valence electrons. The molecule has 0 amide bonds. The van der Waals surface area contributed by atoms with Gasteiger partial charge in [0, 0.05) is 12.2 Å². The van der Waals surface area contributed by atoms with Gasteiger partial charge in [0.2, 0.25) is 0 Å². The largest absolute Gasteiger partial charge is 0.338 e. The Balaban J connectivity index is -0.0000000803. The van der Waals surface area contributed by atoms with Gasteiger partial charge >= 0.3 is 48.9 Å². The molecule has 0 saturated heterocycles. The van der Waals surface area contributed by atoms with E-state index in [1.807, 2.05) is 14.1 Å². The van der Waals surface area contributed by atoms with E-state index >= 15 is 0 Å². The predicted molar refractivity (Wildman–Crippen MR) is 82.0 cm³/mol. The van der Waals surface area contributed by atoms with E-state index in [1.165, 1.54) is 19.2 Å². The van der Waals surface area contributed by atoms with E-state index in [9.17, 15) is 0 Å². The van der Waals surface area contributed by atoms with Crippen LogP contribution >= 0.6 is 0 Å². The van der Waals surface area contributed by atoms with Crippen molar-refractivity contribution in [1.82, 2.24) is 4.90 Å². The maximum Gasteiger partial charge on any atom is -0.0878 e. The Labute approximate surface area is 132 Å². The molecule has 2 N–H and O–H groups in total. The molecule has 19 heavy (non-hydrogen) atoms. The van der Waals surface area contributed by atoms with E-state index in [-0.39, 0.29) is 17.6 Å². The van der Waals surface area contributed by atoms with Gasteiger partial charge in [-0.15, -0.1) is 0 Å². The first-order valence-electron chi connectivity index (χ1n) is 6.45. The van der Waals surface area contributed by atoms with E-state index in [0.717, 1.165) is 6.54 Å². The molecule has 0 fully saturated rings. The third kappa shape index (κ3) is 437. The molecule has 0 aliphatic rings. The van der Waals surface area contributed by atoms with Crippen molar-refractivity contribution in [2.45, 2.75) is 60.7 Å². The summed E-state index contributed by atoms with van der Waals surface area (Å²) in [6.07, 6.45) is -0.333. The van der Waals surface area contributed by atoms with Crippen molar-refractivity contribution in [1.29, 1.82) is 0 Å². The smallest absolute Gasteiger partial charge is 0.0878 e. The molecule has 0 aromatic heterocycles. The second-order valence-electron chi connectivity index (χ2n) is 6.13. The van der Waals surface area contributed by atoms with Crippen molar-refractivity contribution in [2.75, 3.05) is 20.6 Å². The van der Waals surface area contributed by atoms with Crippen LogP contribution in [0.1, 0.15) is 48.5 Å². The van der Waals surface area contributed by atoms with Gasteiger partial charge in [0.25, 0.3) is 0 Å². The van der Waals surface area contributed by atoms with Crippen molar-refractivity contribution < 1.29 is 29.4 Å². The van der Waals surface area contributed by atoms with Gasteiger partial charge in [0.15, 0.2) is 0 Å². The summed E-state index contributed by atoms with van der Waals surface area (Å²) in [6.45, 7) is 17.9. The molecule has 0 spiro atoms. The number of aliphatic hydroxyl groups excluding tert-OH is 2. The topological polar surface area (TPSA) is 43.7 Å². The Morgan fingerprint density at radius 3 is 1.21 bits per heavy atom. The minimum atomic E-state index is -0.167. The van der Waals surface area contributed by atoms with Gasteiger partial charge in [0.05, 0.1) is 0 Å². The van der Waals surface area contributed by atoms with E-state index in [0.29, 0.717) is 0 Å². The van der Waals surface area contributed by atoms with Gasteiger partial charge < -0.3 is 17.1 Å². The zero-order chi connectivity index (χ0) is 16.6. The summed E-state index contributed by atoms with van der Waals surface area (Å²) in [7, 11) is 4.08. The summed E-state index contributed by atoms with van der Waals surface area (Å²) in [4.78, 5) is 2.09. The average Bonchev–Trinajstić information content (AvgIpc) is 1.96. The Morgan fingerprint density at radius 2 is 1.21 bits per heavy atom. The first-order chi connectivity index (χ1) is 8.23. The van der Waals surface area contributed by atoms with Crippen molar-refractivity contribution in [3.05, 3.63) is 6.92 Å². The fourth-order valence-corrected chi connectivity index (χ4v) is 1.06. The zero-order valence-electron chi connectivity index (χ0n) is 14.3. The van der Waals surface area contributed by atoms with Gasteiger partial charge in [0.1, 0.15) is 0 Å². The average molecular weight is 445 g/mol. The SMILES string of the molecule is CC(C)O.CC(C)O.CN(C)C[C]#[W+].[CH2-]C(C)(C)C. The molecule has 0 bridgehead atoms. The van der Waals surface area contributed by atoms with Crippen LogP contribution in [0, 0.1) is 16.5 Å². The first kappa shape index (κ1) is 27.7. The van der Waals surface area contributed by atoms with Crippen LogP contribution in [-0.4, -0.2) is 48.0 Å². The summed E-state index contributed by atoms with van der Waals surface area (Å²) in [5.41, 5.74) is 0.250. The standard InChI is InChI=1S/C5H11.C4H8N.2C3H8O.W/c1-5(2,3)4;1-4-5(2)3;2*1-3(2)4;/h1H2,2-4H3;4H2,2-3H3;2*3-4H,1-2H3;/q-1;;;;+1. The van der Waals surface area contributed by atoms with Gasteiger partial charge in [-0.1, -0.05) is 20.8 Å². The van der Waals surface area contributed by atoms with Crippen LogP contribution < -0.4 is 0 Å². The molecule has 0 unspecified atom stereocenters. The number of hydrogen-bond acceptors (Lipinski definition) is 3. The van der Waals surface area contributed by atoms with Crippen LogP contribution in [-0.2, 0) is 19.2 Å². The van der Waals surface area contributed by atoms with Gasteiger partial charge in [-0.25, -0.2) is 0 Å². The van der Waals surface area contributed by atoms with Crippen LogP contribution in [0.4, 0.5) is 0 Å². The summed E-state index contributed by atoms with van der Waals surface area (Å²) in [6, 6.07) is 0. The van der Waals surface area contributed by atoms with Crippen LogP contribution in [0.3, 0.4) is 0 Å². The maximum atomic E-state index is 8.06. The van der Waals surface area contributed by atoms with Gasteiger partial charge in [-0.2, -0.15) is 5.41 Å². The molecule has 0 heterocycles. The molecule has 0 aliphatic heterocycles. The van der Waals surface area contributed by atoms with Crippen molar-refractivity contribution >= 4 is 0 Å². The number of nitrogens with zero attached hydrogens (tertiary/aromatic N) is 1. The summed E-state index contributed by atoms with van der Waals surface area (Å²) < 4.78 is 3.08. The normalized spacial score (nSPS) is 9.58. The van der Waals surface area contributed by atoms with Crippen molar-refractivity contribution in [2.24, 2.45) is 5.41 Å². The quantitative estimate of drug-likeness (QED) is 0.611. The van der Waals surface area contributed by atoms with Crippen LogP contribution in [0.2, 0.25) is 0 Å². The zero-order valence-corrected chi connectivity index (χ0v) is 17.3. The van der Waals surface area contributed by atoms with Gasteiger partial charge in [-0.05, 0) is 27.7 Å². The monoisotopic (exact) mass is 445 g/mol. The molecule has 0 aromatic rings. The Bertz CT molecular complexity index is 174. The number of rotatable bonds is 1.